The first-order valence-corrected chi connectivity index (χ1v) is 7.20. The third-order valence-corrected chi connectivity index (χ3v) is 4.12. The van der Waals surface area contributed by atoms with Gasteiger partial charge in [0.1, 0.15) is 5.82 Å². The highest BCUT2D eigenvalue weighted by molar-refractivity contribution is 7.09. The van der Waals surface area contributed by atoms with E-state index >= 15 is 0 Å². The molecule has 4 heteroatoms. The molecule has 0 saturated heterocycles. The second kappa shape index (κ2) is 6.21. The number of alkyl halides is 1. The molecule has 2 rings (SSSR count). The summed E-state index contributed by atoms with van der Waals surface area (Å²) in [5, 5.41) is 2.07. The zero-order valence-corrected chi connectivity index (χ0v) is 11.8. The summed E-state index contributed by atoms with van der Waals surface area (Å²) in [6, 6.07) is 9.25. The number of benzene rings is 1. The third kappa shape index (κ3) is 3.03. The molecule has 18 heavy (non-hydrogen) atoms. The molecule has 0 bridgehead atoms. The molecule has 0 saturated carbocycles. The molecule has 1 aromatic carbocycles. The minimum Gasteiger partial charge on any atom is -0.374 e. The van der Waals surface area contributed by atoms with Gasteiger partial charge >= 0.3 is 0 Å². The second-order valence-electron chi connectivity index (χ2n) is 4.12. The minimum absolute atomic E-state index is 0.200. The van der Waals surface area contributed by atoms with E-state index in [0.29, 0.717) is 5.56 Å². The van der Waals surface area contributed by atoms with Crippen molar-refractivity contribution in [3.05, 3.63) is 52.0 Å². The number of halogens is 2. The smallest absolute Gasteiger partial charge is 0.129 e. The molecule has 1 heterocycles. The molecular weight excluding hydrogens is 269 g/mol. The molecule has 96 valence electrons. The molecule has 0 unspecified atom stereocenters. The fraction of sp³-hybridized carbons (Fsp3) is 0.286. The molecule has 1 aromatic heterocycles. The highest BCUT2D eigenvalue weighted by atomic mass is 35.5. The van der Waals surface area contributed by atoms with Crippen molar-refractivity contribution in [1.29, 1.82) is 0 Å². The lowest BCUT2D eigenvalue weighted by Crippen LogP contribution is -2.21. The van der Waals surface area contributed by atoms with Crippen LogP contribution in [0.5, 0.6) is 0 Å². The molecule has 0 N–H and O–H groups in total. The first-order chi connectivity index (χ1) is 8.72. The average Bonchev–Trinajstić information content (AvgIpc) is 2.88. The SMILES string of the molecule is CN(CCc1cccs1)c1cccc(F)c1CCl. The number of rotatable bonds is 5. The van der Waals surface area contributed by atoms with Crippen LogP contribution >= 0.6 is 22.9 Å². The lowest BCUT2D eigenvalue weighted by atomic mass is 10.1. The zero-order chi connectivity index (χ0) is 13.0. The summed E-state index contributed by atoms with van der Waals surface area (Å²) in [4.78, 5) is 3.39. The molecule has 0 aliphatic rings. The summed E-state index contributed by atoms with van der Waals surface area (Å²) in [6.45, 7) is 0.855. The standard InChI is InChI=1S/C14H15ClFNS/c1-17(8-7-11-4-3-9-18-11)14-6-2-5-13(16)12(14)10-15/h2-6,9H,7-8,10H2,1H3. The van der Waals surface area contributed by atoms with E-state index in [-0.39, 0.29) is 11.7 Å². The van der Waals surface area contributed by atoms with Crippen LogP contribution in [-0.4, -0.2) is 13.6 Å². The van der Waals surface area contributed by atoms with Gasteiger partial charge in [-0.15, -0.1) is 22.9 Å². The van der Waals surface area contributed by atoms with Crippen molar-refractivity contribution in [3.8, 4) is 0 Å². The second-order valence-corrected chi connectivity index (χ2v) is 5.42. The van der Waals surface area contributed by atoms with Crippen LogP contribution in [0.1, 0.15) is 10.4 Å². The predicted octanol–water partition coefficient (Wildman–Crippen LogP) is 4.30. The molecule has 0 radical (unpaired) electrons. The maximum absolute atomic E-state index is 13.6. The van der Waals surface area contributed by atoms with Gasteiger partial charge < -0.3 is 4.90 Å². The normalized spacial score (nSPS) is 10.6. The number of thiophene rings is 1. The highest BCUT2D eigenvalue weighted by Gasteiger charge is 2.11. The van der Waals surface area contributed by atoms with E-state index in [1.165, 1.54) is 10.9 Å². The van der Waals surface area contributed by atoms with Gasteiger partial charge in [0.05, 0.1) is 5.88 Å². The van der Waals surface area contributed by atoms with Crippen molar-refractivity contribution in [2.24, 2.45) is 0 Å². The molecular formula is C14H15ClFNS. The van der Waals surface area contributed by atoms with Crippen LogP contribution < -0.4 is 4.90 Å². The van der Waals surface area contributed by atoms with Gasteiger partial charge in [0.2, 0.25) is 0 Å². The fourth-order valence-electron chi connectivity index (χ4n) is 1.89. The van der Waals surface area contributed by atoms with Crippen LogP contribution in [0.4, 0.5) is 10.1 Å². The molecule has 2 aromatic rings. The van der Waals surface area contributed by atoms with E-state index in [0.717, 1.165) is 18.7 Å². The summed E-state index contributed by atoms with van der Waals surface area (Å²) >= 11 is 7.56. The Balaban J connectivity index is 2.08. The van der Waals surface area contributed by atoms with Crippen molar-refractivity contribution >= 4 is 28.6 Å². The first kappa shape index (κ1) is 13.4. The van der Waals surface area contributed by atoms with Gasteiger partial charge in [-0.05, 0) is 30.0 Å². The Morgan fingerprint density at radius 3 is 2.78 bits per heavy atom. The van der Waals surface area contributed by atoms with Gasteiger partial charge in [0, 0.05) is 29.7 Å². The quantitative estimate of drug-likeness (QED) is 0.739. The van der Waals surface area contributed by atoms with Crippen LogP contribution in [0.2, 0.25) is 0 Å². The van der Waals surface area contributed by atoms with E-state index in [9.17, 15) is 4.39 Å². The van der Waals surface area contributed by atoms with Gasteiger partial charge in [0.15, 0.2) is 0 Å². The summed E-state index contributed by atoms with van der Waals surface area (Å²) in [7, 11) is 1.97. The molecule has 0 aliphatic carbocycles. The minimum atomic E-state index is -0.231. The first-order valence-electron chi connectivity index (χ1n) is 5.79. The van der Waals surface area contributed by atoms with E-state index in [1.807, 2.05) is 19.2 Å². The Morgan fingerprint density at radius 2 is 2.11 bits per heavy atom. The Kier molecular flexibility index (Phi) is 4.61. The van der Waals surface area contributed by atoms with Crippen LogP contribution in [-0.2, 0) is 12.3 Å². The van der Waals surface area contributed by atoms with Crippen LogP contribution in [0.3, 0.4) is 0 Å². The van der Waals surface area contributed by atoms with Crippen LogP contribution in [0, 0.1) is 5.82 Å². The Hall–Kier alpha value is -1.06. The Morgan fingerprint density at radius 1 is 1.28 bits per heavy atom. The average molecular weight is 284 g/mol. The number of nitrogens with zero attached hydrogens (tertiary/aromatic N) is 1. The lowest BCUT2D eigenvalue weighted by molar-refractivity contribution is 0.616. The fourth-order valence-corrected chi connectivity index (χ4v) is 2.85. The third-order valence-electron chi connectivity index (χ3n) is 2.91. The molecule has 0 amide bonds. The Bertz CT molecular complexity index is 499. The number of hydrogen-bond acceptors (Lipinski definition) is 2. The Labute approximate surface area is 116 Å². The number of anilines is 1. The molecule has 0 atom stereocenters. The summed E-state index contributed by atoms with van der Waals surface area (Å²) in [5.41, 5.74) is 1.45. The van der Waals surface area contributed by atoms with Gasteiger partial charge in [0.25, 0.3) is 0 Å². The van der Waals surface area contributed by atoms with Gasteiger partial charge in [-0.3, -0.25) is 0 Å². The summed E-state index contributed by atoms with van der Waals surface area (Å²) in [5.74, 6) is -0.0313. The zero-order valence-electron chi connectivity index (χ0n) is 10.2. The molecule has 1 nitrogen and oxygen atoms in total. The summed E-state index contributed by atoms with van der Waals surface area (Å²) in [6.07, 6.45) is 0.965. The number of hydrogen-bond donors (Lipinski definition) is 0. The topological polar surface area (TPSA) is 3.24 Å². The van der Waals surface area contributed by atoms with E-state index in [4.69, 9.17) is 11.6 Å². The van der Waals surface area contributed by atoms with Gasteiger partial charge in [-0.25, -0.2) is 4.39 Å². The van der Waals surface area contributed by atoms with Crippen molar-refractivity contribution in [2.75, 3.05) is 18.5 Å². The maximum Gasteiger partial charge on any atom is 0.129 e. The van der Waals surface area contributed by atoms with E-state index < -0.39 is 0 Å². The van der Waals surface area contributed by atoms with Gasteiger partial charge in [-0.1, -0.05) is 12.1 Å². The van der Waals surface area contributed by atoms with E-state index in [2.05, 4.69) is 16.3 Å². The van der Waals surface area contributed by atoms with Crippen LogP contribution in [0.15, 0.2) is 35.7 Å². The van der Waals surface area contributed by atoms with Crippen molar-refractivity contribution < 1.29 is 4.39 Å². The van der Waals surface area contributed by atoms with Crippen molar-refractivity contribution in [3.63, 3.8) is 0 Å². The maximum atomic E-state index is 13.6. The van der Waals surface area contributed by atoms with E-state index in [1.54, 1.807) is 17.4 Å². The molecule has 0 aliphatic heterocycles. The highest BCUT2D eigenvalue weighted by Crippen LogP contribution is 2.24. The molecule has 0 fully saturated rings. The predicted molar refractivity (Wildman–Crippen MR) is 77.3 cm³/mol. The monoisotopic (exact) mass is 283 g/mol. The van der Waals surface area contributed by atoms with Crippen molar-refractivity contribution in [2.45, 2.75) is 12.3 Å². The van der Waals surface area contributed by atoms with Gasteiger partial charge in [-0.2, -0.15) is 0 Å². The lowest BCUT2D eigenvalue weighted by Gasteiger charge is -2.21. The number of likely N-dealkylation sites (N-methyl/N-ethyl adjacent to an activating group) is 1. The largest absolute Gasteiger partial charge is 0.374 e. The van der Waals surface area contributed by atoms with Crippen LogP contribution in [0.25, 0.3) is 0 Å². The van der Waals surface area contributed by atoms with Crippen molar-refractivity contribution in [1.82, 2.24) is 0 Å². The summed E-state index contributed by atoms with van der Waals surface area (Å²) < 4.78 is 13.6. The molecule has 0 spiro atoms.